The number of nitrogens with zero attached hydrogens (tertiary/aromatic N) is 2. The fraction of sp³-hybridized carbons (Fsp3) is 0.435. The number of para-hydroxylation sites is 1. The van der Waals surface area contributed by atoms with Crippen molar-refractivity contribution in [2.45, 2.75) is 52.1 Å². The van der Waals surface area contributed by atoms with Gasteiger partial charge in [-0.15, -0.1) is 0 Å². The van der Waals surface area contributed by atoms with Gasteiger partial charge in [0.25, 0.3) is 0 Å². The Balaban J connectivity index is 1.71. The number of carbonyl (C=O) groups is 2. The molecular formula is C23H30N4O2. The summed E-state index contributed by atoms with van der Waals surface area (Å²) in [5.41, 5.74) is 4.15. The maximum absolute atomic E-state index is 12.9. The summed E-state index contributed by atoms with van der Waals surface area (Å²) in [7, 11) is 0. The molecule has 3 rings (SSSR count). The van der Waals surface area contributed by atoms with Crippen LogP contribution in [0.3, 0.4) is 0 Å². The Hall–Kier alpha value is -2.73. The highest BCUT2D eigenvalue weighted by Gasteiger charge is 2.24. The quantitative estimate of drug-likeness (QED) is 0.721. The fourth-order valence-corrected chi connectivity index (χ4v) is 3.79. The van der Waals surface area contributed by atoms with Crippen LogP contribution in [0.4, 0.5) is 5.69 Å². The van der Waals surface area contributed by atoms with Crippen LogP contribution in [0.25, 0.3) is 0 Å². The molecule has 154 valence electrons. The summed E-state index contributed by atoms with van der Waals surface area (Å²) >= 11 is 0. The minimum atomic E-state index is -0.0468. The van der Waals surface area contributed by atoms with Gasteiger partial charge < -0.3 is 10.6 Å². The number of aromatic nitrogens is 1. The summed E-state index contributed by atoms with van der Waals surface area (Å²) in [6.07, 6.45) is 4.91. The number of hydrogen-bond donors (Lipinski definition) is 2. The third-order valence-corrected chi connectivity index (χ3v) is 5.25. The smallest absolute Gasteiger partial charge is 0.238 e. The van der Waals surface area contributed by atoms with Gasteiger partial charge in [0, 0.05) is 43.6 Å². The van der Waals surface area contributed by atoms with E-state index in [0.29, 0.717) is 25.4 Å². The Kier molecular flexibility index (Phi) is 6.99. The van der Waals surface area contributed by atoms with E-state index in [-0.39, 0.29) is 24.4 Å². The molecule has 0 bridgehead atoms. The van der Waals surface area contributed by atoms with Crippen LogP contribution in [0.1, 0.15) is 49.3 Å². The van der Waals surface area contributed by atoms with E-state index >= 15 is 0 Å². The van der Waals surface area contributed by atoms with Crippen molar-refractivity contribution < 1.29 is 9.59 Å². The van der Waals surface area contributed by atoms with Gasteiger partial charge in [-0.1, -0.05) is 38.1 Å². The van der Waals surface area contributed by atoms with Crippen LogP contribution in [0.2, 0.25) is 0 Å². The van der Waals surface area contributed by atoms with Crippen molar-refractivity contribution in [1.29, 1.82) is 0 Å². The van der Waals surface area contributed by atoms with Crippen molar-refractivity contribution in [3.63, 3.8) is 0 Å². The van der Waals surface area contributed by atoms with E-state index in [0.717, 1.165) is 28.8 Å². The molecule has 0 radical (unpaired) electrons. The van der Waals surface area contributed by atoms with Crippen LogP contribution >= 0.6 is 0 Å². The van der Waals surface area contributed by atoms with E-state index in [1.807, 2.05) is 37.4 Å². The number of nitrogens with one attached hydrogen (secondary N) is 2. The fourth-order valence-electron chi connectivity index (χ4n) is 3.79. The second-order valence-corrected chi connectivity index (χ2v) is 8.08. The number of rotatable bonds is 8. The van der Waals surface area contributed by atoms with Crippen LogP contribution in [0, 0.1) is 6.92 Å². The van der Waals surface area contributed by atoms with E-state index in [1.165, 1.54) is 0 Å². The van der Waals surface area contributed by atoms with E-state index in [2.05, 4.69) is 40.4 Å². The third-order valence-electron chi connectivity index (χ3n) is 5.25. The Morgan fingerprint density at radius 3 is 2.79 bits per heavy atom. The van der Waals surface area contributed by atoms with Crippen LogP contribution in [-0.2, 0) is 16.1 Å². The molecule has 1 aliphatic heterocycles. The van der Waals surface area contributed by atoms with Gasteiger partial charge in [-0.25, -0.2) is 0 Å². The van der Waals surface area contributed by atoms with Gasteiger partial charge in [-0.2, -0.15) is 0 Å². The average molecular weight is 395 g/mol. The molecule has 1 aromatic carbocycles. The minimum absolute atomic E-state index is 0.0468. The molecule has 0 spiro atoms. The number of hydrogen-bond acceptors (Lipinski definition) is 4. The summed E-state index contributed by atoms with van der Waals surface area (Å²) in [6, 6.07) is 10.1. The molecular weight excluding hydrogens is 364 g/mol. The third kappa shape index (κ3) is 5.87. The zero-order valence-electron chi connectivity index (χ0n) is 17.4. The van der Waals surface area contributed by atoms with Crippen LogP contribution in [0.5, 0.6) is 0 Å². The minimum Gasteiger partial charge on any atom is -0.352 e. The molecule has 0 saturated carbocycles. The highest BCUT2D eigenvalue weighted by Crippen LogP contribution is 2.27. The molecule has 1 fully saturated rings. The lowest BCUT2D eigenvalue weighted by atomic mass is 9.98. The Labute approximate surface area is 172 Å². The molecule has 1 aromatic heterocycles. The topological polar surface area (TPSA) is 74.3 Å². The molecule has 1 atom stereocenters. The number of carbonyl (C=O) groups excluding carboxylic acids is 2. The molecule has 1 saturated heterocycles. The number of aryl methyl sites for hydroxylation is 1. The Morgan fingerprint density at radius 1 is 1.31 bits per heavy atom. The van der Waals surface area contributed by atoms with Crippen LogP contribution in [0.15, 0.2) is 42.7 Å². The number of pyridine rings is 1. The molecule has 29 heavy (non-hydrogen) atoms. The van der Waals surface area contributed by atoms with Gasteiger partial charge in [-0.05, 0) is 42.0 Å². The molecule has 6 heteroatoms. The number of anilines is 1. The molecule has 2 amide bonds. The van der Waals surface area contributed by atoms with Gasteiger partial charge in [0.2, 0.25) is 11.8 Å². The highest BCUT2D eigenvalue weighted by atomic mass is 16.2. The first kappa shape index (κ1) is 21.0. The van der Waals surface area contributed by atoms with Gasteiger partial charge in [-0.3, -0.25) is 19.5 Å². The summed E-state index contributed by atoms with van der Waals surface area (Å²) in [5, 5.41) is 6.12. The first-order valence-electron chi connectivity index (χ1n) is 10.2. The first-order valence-corrected chi connectivity index (χ1v) is 10.2. The largest absolute Gasteiger partial charge is 0.352 e. The zero-order valence-corrected chi connectivity index (χ0v) is 17.4. The lowest BCUT2D eigenvalue weighted by molar-refractivity contribution is -0.119. The van der Waals surface area contributed by atoms with E-state index in [9.17, 15) is 9.59 Å². The predicted molar refractivity (Wildman–Crippen MR) is 115 cm³/mol. The van der Waals surface area contributed by atoms with Crippen LogP contribution < -0.4 is 10.6 Å². The molecule has 6 nitrogen and oxygen atoms in total. The van der Waals surface area contributed by atoms with E-state index in [1.54, 1.807) is 6.20 Å². The summed E-state index contributed by atoms with van der Waals surface area (Å²) < 4.78 is 0. The maximum Gasteiger partial charge on any atom is 0.238 e. The molecule has 2 N–H and O–H groups in total. The van der Waals surface area contributed by atoms with Crippen molar-refractivity contribution in [3.05, 3.63) is 59.4 Å². The number of benzene rings is 1. The Bertz CT molecular complexity index is 851. The first-order chi connectivity index (χ1) is 13.9. The molecule has 1 aliphatic rings. The van der Waals surface area contributed by atoms with Gasteiger partial charge in [0.05, 0.1) is 6.54 Å². The molecule has 2 heterocycles. The maximum atomic E-state index is 12.9. The zero-order chi connectivity index (χ0) is 20.8. The highest BCUT2D eigenvalue weighted by molar-refractivity contribution is 5.94. The SMILES string of the molecule is Cc1cccc(C(C)C)c1NC(=O)CN(Cc1cccnc1)C[C@@H]1CCC(=O)N1. The van der Waals surface area contributed by atoms with E-state index < -0.39 is 0 Å². The van der Waals surface area contributed by atoms with Gasteiger partial charge >= 0.3 is 0 Å². The van der Waals surface area contributed by atoms with Crippen LogP contribution in [-0.4, -0.2) is 40.8 Å². The standard InChI is InChI=1S/C23H30N4O2/c1-16(2)20-8-4-6-17(3)23(20)26-22(29)15-27(13-18-7-5-11-24-12-18)14-19-9-10-21(28)25-19/h4-8,11-12,16,19H,9-10,13-15H2,1-3H3,(H,25,28)(H,26,29)/t19-/m0/s1. The summed E-state index contributed by atoms with van der Waals surface area (Å²) in [5.74, 6) is 0.363. The van der Waals surface area contributed by atoms with Gasteiger partial charge in [0.1, 0.15) is 0 Å². The monoisotopic (exact) mass is 394 g/mol. The van der Waals surface area contributed by atoms with Crippen molar-refractivity contribution >= 4 is 17.5 Å². The molecule has 0 aliphatic carbocycles. The number of amides is 2. The summed E-state index contributed by atoms with van der Waals surface area (Å²) in [6.45, 7) is 7.78. The lowest BCUT2D eigenvalue weighted by Crippen LogP contribution is -2.42. The molecule has 0 unspecified atom stereocenters. The predicted octanol–water partition coefficient (Wildman–Crippen LogP) is 3.23. The van der Waals surface area contributed by atoms with E-state index in [4.69, 9.17) is 0 Å². The Morgan fingerprint density at radius 2 is 2.14 bits per heavy atom. The second-order valence-electron chi connectivity index (χ2n) is 8.08. The van der Waals surface area contributed by atoms with Crippen molar-refractivity contribution in [1.82, 2.24) is 15.2 Å². The van der Waals surface area contributed by atoms with Gasteiger partial charge in [0.15, 0.2) is 0 Å². The van der Waals surface area contributed by atoms with Crippen molar-refractivity contribution in [2.75, 3.05) is 18.4 Å². The van der Waals surface area contributed by atoms with Crippen molar-refractivity contribution in [3.8, 4) is 0 Å². The lowest BCUT2D eigenvalue weighted by Gasteiger charge is -2.25. The normalized spacial score (nSPS) is 16.3. The van der Waals surface area contributed by atoms with Crippen molar-refractivity contribution in [2.24, 2.45) is 0 Å². The average Bonchev–Trinajstić information content (AvgIpc) is 3.08. The summed E-state index contributed by atoms with van der Waals surface area (Å²) in [4.78, 5) is 30.8. The second kappa shape index (κ2) is 9.65. The molecule has 2 aromatic rings.